The van der Waals surface area contributed by atoms with E-state index in [1.807, 2.05) is 12.4 Å². The number of piperazine rings is 1. The lowest BCUT2D eigenvalue weighted by atomic mass is 9.93. The predicted molar refractivity (Wildman–Crippen MR) is 101 cm³/mol. The van der Waals surface area contributed by atoms with E-state index in [0.29, 0.717) is 17.9 Å². The average molecular weight is 353 g/mol. The quantitative estimate of drug-likeness (QED) is 0.781. The maximum absolute atomic E-state index is 4.63. The summed E-state index contributed by atoms with van der Waals surface area (Å²) in [6, 6.07) is 2.75. The maximum atomic E-state index is 4.63. The van der Waals surface area contributed by atoms with Crippen molar-refractivity contribution in [3.05, 3.63) is 24.3 Å². The second-order valence-electron chi connectivity index (χ2n) is 7.96. The molecule has 7 heteroatoms. The van der Waals surface area contributed by atoms with Gasteiger partial charge in [-0.05, 0) is 31.9 Å². The highest BCUT2D eigenvalue weighted by Crippen LogP contribution is 2.43. The van der Waals surface area contributed by atoms with Crippen LogP contribution in [0.5, 0.6) is 0 Å². The molecule has 3 aromatic heterocycles. The molecule has 1 saturated heterocycles. The van der Waals surface area contributed by atoms with Gasteiger partial charge in [-0.3, -0.25) is 9.30 Å². The first kappa shape index (κ1) is 16.2. The van der Waals surface area contributed by atoms with Crippen molar-refractivity contribution >= 4 is 16.8 Å². The normalized spacial score (nSPS) is 28.5. The summed E-state index contributed by atoms with van der Waals surface area (Å²) >= 11 is 0. The van der Waals surface area contributed by atoms with Crippen molar-refractivity contribution in [2.45, 2.75) is 38.1 Å². The molecule has 0 radical (unpaired) electrons. The van der Waals surface area contributed by atoms with Crippen LogP contribution in [0.25, 0.3) is 16.8 Å². The van der Waals surface area contributed by atoms with Crippen molar-refractivity contribution < 1.29 is 0 Å². The predicted octanol–water partition coefficient (Wildman–Crippen LogP) is 2.13. The Morgan fingerprint density at radius 2 is 2.00 bits per heavy atom. The second-order valence-corrected chi connectivity index (χ2v) is 7.96. The standard InChI is InChI=1S/C19H27N7/c1-3-13-10-14(25-8-6-24(2)7-9-25)11-15(13)19-23-22-17-12-21-18-16(26(17)19)4-5-20-18/h4-5,12-15,20H,3,6-11H2,1-2H3. The van der Waals surface area contributed by atoms with Crippen LogP contribution in [0.3, 0.4) is 0 Å². The van der Waals surface area contributed by atoms with Crippen molar-refractivity contribution in [2.24, 2.45) is 5.92 Å². The molecule has 3 aromatic rings. The highest BCUT2D eigenvalue weighted by molar-refractivity contribution is 5.74. The minimum atomic E-state index is 0.472. The average Bonchev–Trinajstić information content (AvgIpc) is 3.38. The van der Waals surface area contributed by atoms with Gasteiger partial charge in [-0.2, -0.15) is 0 Å². The monoisotopic (exact) mass is 353 g/mol. The number of aromatic nitrogens is 5. The van der Waals surface area contributed by atoms with Gasteiger partial charge in [0, 0.05) is 44.3 Å². The van der Waals surface area contributed by atoms with Gasteiger partial charge in [0.05, 0.1) is 11.7 Å². The molecule has 2 fully saturated rings. The highest BCUT2D eigenvalue weighted by atomic mass is 15.3. The van der Waals surface area contributed by atoms with E-state index in [2.05, 4.69) is 54.4 Å². The lowest BCUT2D eigenvalue weighted by molar-refractivity contribution is 0.111. The summed E-state index contributed by atoms with van der Waals surface area (Å²) in [4.78, 5) is 12.8. The van der Waals surface area contributed by atoms with Crippen LogP contribution in [0.15, 0.2) is 18.5 Å². The molecule has 0 bridgehead atoms. The number of nitrogens with one attached hydrogen (secondary N) is 1. The number of H-pyrrole nitrogens is 1. The molecule has 0 aromatic carbocycles. The Balaban J connectivity index is 1.49. The third-order valence-electron chi connectivity index (χ3n) is 6.55. The molecule has 5 rings (SSSR count). The van der Waals surface area contributed by atoms with E-state index in [1.54, 1.807) is 0 Å². The van der Waals surface area contributed by atoms with Crippen molar-refractivity contribution in [1.29, 1.82) is 0 Å². The Bertz CT molecular complexity index is 905. The Morgan fingerprint density at radius 1 is 1.15 bits per heavy atom. The van der Waals surface area contributed by atoms with E-state index in [4.69, 9.17) is 0 Å². The lowest BCUT2D eigenvalue weighted by Crippen LogP contribution is -2.48. The summed E-state index contributed by atoms with van der Waals surface area (Å²) in [6.45, 7) is 7.07. The van der Waals surface area contributed by atoms with Gasteiger partial charge >= 0.3 is 0 Å². The molecule has 1 aliphatic heterocycles. The van der Waals surface area contributed by atoms with E-state index in [9.17, 15) is 0 Å². The second kappa shape index (κ2) is 6.32. The van der Waals surface area contributed by atoms with E-state index in [1.165, 1.54) is 45.4 Å². The van der Waals surface area contributed by atoms with Crippen molar-refractivity contribution in [2.75, 3.05) is 33.2 Å². The molecule has 138 valence electrons. The summed E-state index contributed by atoms with van der Waals surface area (Å²) in [7, 11) is 2.22. The lowest BCUT2D eigenvalue weighted by Gasteiger charge is -2.36. The number of likely N-dealkylation sites (N-methyl/N-ethyl adjacent to an activating group) is 1. The van der Waals surface area contributed by atoms with Crippen LogP contribution in [0.4, 0.5) is 0 Å². The Morgan fingerprint density at radius 3 is 2.81 bits per heavy atom. The minimum Gasteiger partial charge on any atom is -0.345 e. The van der Waals surface area contributed by atoms with Crippen LogP contribution in [0.2, 0.25) is 0 Å². The number of hydrogen-bond acceptors (Lipinski definition) is 5. The fourth-order valence-corrected chi connectivity index (χ4v) is 4.99. The molecule has 1 aliphatic carbocycles. The van der Waals surface area contributed by atoms with E-state index in [-0.39, 0.29) is 0 Å². The third-order valence-corrected chi connectivity index (χ3v) is 6.55. The SMILES string of the molecule is CCC1CC(N2CCN(C)CC2)CC1c1nnc2cnc3[nH]ccc3n12. The first-order valence-electron chi connectivity index (χ1n) is 9.84. The summed E-state index contributed by atoms with van der Waals surface area (Å²) in [6.07, 6.45) is 7.44. The minimum absolute atomic E-state index is 0.472. The number of aromatic amines is 1. The topological polar surface area (TPSA) is 65.4 Å². The number of rotatable bonds is 3. The molecular formula is C19H27N7. The van der Waals surface area contributed by atoms with Crippen molar-refractivity contribution in [3.63, 3.8) is 0 Å². The molecule has 0 spiro atoms. The smallest absolute Gasteiger partial charge is 0.179 e. The van der Waals surface area contributed by atoms with Crippen LogP contribution in [0, 0.1) is 5.92 Å². The fraction of sp³-hybridized carbons (Fsp3) is 0.632. The number of fused-ring (bicyclic) bond motifs is 3. The van der Waals surface area contributed by atoms with Gasteiger partial charge in [0.2, 0.25) is 0 Å². The maximum Gasteiger partial charge on any atom is 0.179 e. The molecule has 7 nitrogen and oxygen atoms in total. The van der Waals surface area contributed by atoms with Gasteiger partial charge in [-0.25, -0.2) is 4.98 Å². The molecule has 26 heavy (non-hydrogen) atoms. The third kappa shape index (κ3) is 2.53. The first-order valence-corrected chi connectivity index (χ1v) is 9.84. The zero-order valence-corrected chi connectivity index (χ0v) is 15.6. The van der Waals surface area contributed by atoms with Crippen LogP contribution < -0.4 is 0 Å². The Kier molecular flexibility index (Phi) is 3.94. The summed E-state index contributed by atoms with van der Waals surface area (Å²) in [5.74, 6) is 2.27. The van der Waals surface area contributed by atoms with Gasteiger partial charge in [0.15, 0.2) is 11.3 Å². The van der Waals surface area contributed by atoms with Crippen LogP contribution >= 0.6 is 0 Å². The molecule has 1 N–H and O–H groups in total. The van der Waals surface area contributed by atoms with E-state index in [0.717, 1.165) is 22.6 Å². The first-order chi connectivity index (χ1) is 12.7. The zero-order chi connectivity index (χ0) is 17.7. The Labute approximate surface area is 153 Å². The zero-order valence-electron chi connectivity index (χ0n) is 15.6. The summed E-state index contributed by atoms with van der Waals surface area (Å²) in [5.41, 5.74) is 2.84. The van der Waals surface area contributed by atoms with E-state index >= 15 is 0 Å². The van der Waals surface area contributed by atoms with Gasteiger partial charge in [0.25, 0.3) is 0 Å². The van der Waals surface area contributed by atoms with Gasteiger partial charge in [-0.15, -0.1) is 10.2 Å². The summed E-state index contributed by atoms with van der Waals surface area (Å²) in [5, 5.41) is 9.05. The number of nitrogens with zero attached hydrogens (tertiary/aromatic N) is 6. The van der Waals surface area contributed by atoms with Gasteiger partial charge in [-0.1, -0.05) is 13.3 Å². The highest BCUT2D eigenvalue weighted by Gasteiger charge is 2.40. The molecule has 4 heterocycles. The van der Waals surface area contributed by atoms with Crippen molar-refractivity contribution in [3.8, 4) is 0 Å². The molecule has 0 amide bonds. The fourth-order valence-electron chi connectivity index (χ4n) is 4.99. The van der Waals surface area contributed by atoms with Crippen molar-refractivity contribution in [1.82, 2.24) is 34.4 Å². The molecule has 1 saturated carbocycles. The van der Waals surface area contributed by atoms with E-state index < -0.39 is 0 Å². The molecule has 2 aliphatic rings. The molecule has 3 unspecified atom stereocenters. The van der Waals surface area contributed by atoms with Gasteiger partial charge < -0.3 is 9.88 Å². The molecular weight excluding hydrogens is 326 g/mol. The van der Waals surface area contributed by atoms with Crippen LogP contribution in [-0.4, -0.2) is 73.6 Å². The largest absolute Gasteiger partial charge is 0.345 e. The number of hydrogen-bond donors (Lipinski definition) is 1. The summed E-state index contributed by atoms with van der Waals surface area (Å²) < 4.78 is 2.22. The van der Waals surface area contributed by atoms with Crippen LogP contribution in [0.1, 0.15) is 37.9 Å². The van der Waals surface area contributed by atoms with Gasteiger partial charge in [0.1, 0.15) is 5.82 Å². The Hall–Kier alpha value is -1.99. The molecule has 3 atom stereocenters. The van der Waals surface area contributed by atoms with Crippen LogP contribution in [-0.2, 0) is 0 Å².